The van der Waals surface area contributed by atoms with E-state index in [9.17, 15) is 0 Å². The van der Waals surface area contributed by atoms with E-state index in [0.717, 1.165) is 22.4 Å². The normalized spacial score (nSPS) is 11.4. The summed E-state index contributed by atoms with van der Waals surface area (Å²) in [6.45, 7) is 0. The summed E-state index contributed by atoms with van der Waals surface area (Å²) in [6, 6.07) is 33.1. The summed E-state index contributed by atoms with van der Waals surface area (Å²) in [5, 5.41) is 2.36. The molecule has 4 aromatic carbocycles. The van der Waals surface area contributed by atoms with Gasteiger partial charge in [0.25, 0.3) is 0 Å². The predicted molar refractivity (Wildman–Crippen MR) is 112 cm³/mol. The maximum Gasteiger partial charge on any atom is 0.124 e. The minimum absolute atomic E-state index is 0.0764. The maximum absolute atomic E-state index is 5.74. The lowest BCUT2D eigenvalue weighted by Gasteiger charge is -2.18. The average molecular weight is 348 g/mol. The van der Waals surface area contributed by atoms with Gasteiger partial charge in [-0.2, -0.15) is 0 Å². The van der Waals surface area contributed by atoms with E-state index in [1.807, 2.05) is 42.5 Å². The molecule has 0 radical (unpaired) electrons. The molecule has 4 aromatic rings. The molecular weight excluding hydrogens is 328 g/mol. The van der Waals surface area contributed by atoms with Crippen LogP contribution in [-0.2, 0) is 0 Å². The molecule has 0 aromatic heterocycles. The predicted octanol–water partition coefficient (Wildman–Crippen LogP) is 6.03. The highest BCUT2D eigenvalue weighted by Gasteiger charge is 2.19. The van der Waals surface area contributed by atoms with E-state index in [2.05, 4.69) is 66.4 Å². The molecule has 0 aliphatic heterocycles. The topological polar surface area (TPSA) is 9.23 Å². The zero-order chi connectivity index (χ0) is 18.5. The van der Waals surface area contributed by atoms with E-state index < -0.39 is 0 Å². The van der Waals surface area contributed by atoms with Gasteiger partial charge in [0, 0.05) is 11.1 Å². The Bertz CT molecular complexity index is 1100. The van der Waals surface area contributed by atoms with Crippen LogP contribution < -0.4 is 4.74 Å². The molecule has 4 rings (SSSR count). The lowest BCUT2D eigenvalue weighted by Crippen LogP contribution is -2.03. The van der Waals surface area contributed by atoms with E-state index in [1.165, 1.54) is 10.8 Å². The first-order valence-corrected chi connectivity index (χ1v) is 9.04. The zero-order valence-corrected chi connectivity index (χ0v) is 15.2. The minimum atomic E-state index is -0.0764. The number of benzene rings is 4. The van der Waals surface area contributed by atoms with Crippen molar-refractivity contribution in [3.63, 3.8) is 0 Å². The van der Waals surface area contributed by atoms with Crippen LogP contribution in [0.3, 0.4) is 0 Å². The number of ether oxygens (including phenoxy) is 1. The number of fused-ring (bicyclic) bond motifs is 1. The van der Waals surface area contributed by atoms with Crippen molar-refractivity contribution in [2.45, 2.75) is 5.92 Å². The lowest BCUT2D eigenvalue weighted by atomic mass is 9.87. The van der Waals surface area contributed by atoms with Crippen molar-refractivity contribution in [3.8, 4) is 17.6 Å². The van der Waals surface area contributed by atoms with Gasteiger partial charge >= 0.3 is 0 Å². The summed E-state index contributed by atoms with van der Waals surface area (Å²) < 4.78 is 5.74. The Hall–Kier alpha value is -3.50. The lowest BCUT2D eigenvalue weighted by molar-refractivity contribution is 0.410. The third-order valence-electron chi connectivity index (χ3n) is 4.71. The quantitative estimate of drug-likeness (QED) is 0.411. The number of methoxy groups -OCH3 is 1. The summed E-state index contributed by atoms with van der Waals surface area (Å²) in [7, 11) is 1.72. The average Bonchev–Trinajstić information content (AvgIpc) is 2.75. The molecule has 0 fully saturated rings. The molecule has 27 heavy (non-hydrogen) atoms. The molecule has 130 valence electrons. The second-order valence-corrected chi connectivity index (χ2v) is 6.38. The Morgan fingerprint density at radius 1 is 0.704 bits per heavy atom. The Kier molecular flexibility index (Phi) is 4.90. The number of hydrogen-bond donors (Lipinski definition) is 0. The van der Waals surface area contributed by atoms with Crippen molar-refractivity contribution in [2.24, 2.45) is 0 Å². The standard InChI is InChI=1S/C26H20O/c1-27-25-19-17-22-14-8-9-15-23(22)26(25)24(21-12-6-3-7-13-21)18-16-20-10-4-2-5-11-20/h2-15,17,19,24H,1H3. The Morgan fingerprint density at radius 2 is 1.37 bits per heavy atom. The molecule has 0 aliphatic carbocycles. The van der Waals surface area contributed by atoms with Gasteiger partial charge in [0.2, 0.25) is 0 Å². The molecule has 0 saturated carbocycles. The minimum Gasteiger partial charge on any atom is -0.496 e. The summed E-state index contributed by atoms with van der Waals surface area (Å²) >= 11 is 0. The van der Waals surface area contributed by atoms with Crippen LogP contribution in [0.1, 0.15) is 22.6 Å². The SMILES string of the molecule is COc1ccc2ccccc2c1C(C#Cc1ccccc1)c1ccccc1. The summed E-state index contributed by atoms with van der Waals surface area (Å²) in [6.07, 6.45) is 0. The van der Waals surface area contributed by atoms with Crippen LogP contribution in [0.15, 0.2) is 97.1 Å². The number of hydrogen-bond acceptors (Lipinski definition) is 1. The van der Waals surface area contributed by atoms with Crippen LogP contribution in [0.5, 0.6) is 5.75 Å². The first-order chi connectivity index (χ1) is 13.4. The van der Waals surface area contributed by atoms with E-state index in [0.29, 0.717) is 0 Å². The highest BCUT2D eigenvalue weighted by Crippen LogP contribution is 2.37. The zero-order valence-electron chi connectivity index (χ0n) is 15.2. The monoisotopic (exact) mass is 348 g/mol. The first kappa shape index (κ1) is 16.9. The highest BCUT2D eigenvalue weighted by molar-refractivity contribution is 5.89. The third-order valence-corrected chi connectivity index (χ3v) is 4.71. The second kappa shape index (κ2) is 7.81. The largest absolute Gasteiger partial charge is 0.496 e. The first-order valence-electron chi connectivity index (χ1n) is 9.04. The van der Waals surface area contributed by atoms with E-state index in [4.69, 9.17) is 4.74 Å². The fourth-order valence-corrected chi connectivity index (χ4v) is 3.40. The van der Waals surface area contributed by atoms with Crippen molar-refractivity contribution in [1.29, 1.82) is 0 Å². The van der Waals surface area contributed by atoms with Gasteiger partial charge in [0.05, 0.1) is 13.0 Å². The van der Waals surface area contributed by atoms with Gasteiger partial charge in [-0.25, -0.2) is 0 Å². The van der Waals surface area contributed by atoms with Gasteiger partial charge in [-0.05, 0) is 34.5 Å². The van der Waals surface area contributed by atoms with Gasteiger partial charge in [0.15, 0.2) is 0 Å². The molecule has 0 spiro atoms. The van der Waals surface area contributed by atoms with Crippen molar-refractivity contribution in [2.75, 3.05) is 7.11 Å². The Labute approximate surface area is 160 Å². The van der Waals surface area contributed by atoms with Crippen LogP contribution in [0, 0.1) is 11.8 Å². The van der Waals surface area contributed by atoms with E-state index in [1.54, 1.807) is 7.11 Å². The number of rotatable bonds is 3. The highest BCUT2D eigenvalue weighted by atomic mass is 16.5. The summed E-state index contributed by atoms with van der Waals surface area (Å²) in [5.41, 5.74) is 3.29. The molecule has 1 heteroatoms. The third kappa shape index (κ3) is 3.57. The molecule has 0 amide bonds. The van der Waals surface area contributed by atoms with Crippen molar-refractivity contribution < 1.29 is 4.74 Å². The molecule has 0 saturated heterocycles. The van der Waals surface area contributed by atoms with Crippen LogP contribution in [-0.4, -0.2) is 7.11 Å². The molecule has 0 N–H and O–H groups in total. The Balaban J connectivity index is 1.95. The smallest absolute Gasteiger partial charge is 0.124 e. The molecule has 0 aliphatic rings. The maximum atomic E-state index is 5.74. The van der Waals surface area contributed by atoms with Gasteiger partial charge < -0.3 is 4.74 Å². The van der Waals surface area contributed by atoms with Gasteiger partial charge in [-0.1, -0.05) is 90.7 Å². The summed E-state index contributed by atoms with van der Waals surface area (Å²) in [4.78, 5) is 0. The second-order valence-electron chi connectivity index (χ2n) is 6.38. The van der Waals surface area contributed by atoms with Crippen molar-refractivity contribution >= 4 is 10.8 Å². The van der Waals surface area contributed by atoms with Crippen LogP contribution in [0.4, 0.5) is 0 Å². The summed E-state index contributed by atoms with van der Waals surface area (Å²) in [5.74, 6) is 7.65. The van der Waals surface area contributed by atoms with Crippen molar-refractivity contribution in [3.05, 3.63) is 114 Å². The van der Waals surface area contributed by atoms with Crippen LogP contribution in [0.2, 0.25) is 0 Å². The Morgan fingerprint density at radius 3 is 2.11 bits per heavy atom. The van der Waals surface area contributed by atoms with Gasteiger partial charge in [-0.15, -0.1) is 0 Å². The molecular formula is C26H20O. The van der Waals surface area contributed by atoms with Crippen LogP contribution >= 0.6 is 0 Å². The van der Waals surface area contributed by atoms with E-state index >= 15 is 0 Å². The molecule has 0 bridgehead atoms. The molecule has 0 heterocycles. The molecule has 1 nitrogen and oxygen atoms in total. The van der Waals surface area contributed by atoms with Crippen molar-refractivity contribution in [1.82, 2.24) is 0 Å². The molecule has 1 unspecified atom stereocenters. The van der Waals surface area contributed by atoms with Gasteiger partial charge in [-0.3, -0.25) is 0 Å². The van der Waals surface area contributed by atoms with E-state index in [-0.39, 0.29) is 5.92 Å². The fraction of sp³-hybridized carbons (Fsp3) is 0.0769. The molecule has 1 atom stereocenters. The fourth-order valence-electron chi connectivity index (χ4n) is 3.40. The van der Waals surface area contributed by atoms with Crippen LogP contribution in [0.25, 0.3) is 10.8 Å². The van der Waals surface area contributed by atoms with Gasteiger partial charge in [0.1, 0.15) is 5.75 Å².